The van der Waals surface area contributed by atoms with Crippen LogP contribution in [-0.2, 0) is 6.42 Å². The lowest BCUT2D eigenvalue weighted by Crippen LogP contribution is -2.24. The highest BCUT2D eigenvalue weighted by molar-refractivity contribution is 6.10. The molecule has 0 atom stereocenters. The molecule has 0 amide bonds. The normalized spacial score (nSPS) is 10.6. The molecule has 25 heavy (non-hydrogen) atoms. The standard InChI is InChI=1S/C18H12F2N2O3/c19-13-2-1-3-14(20)17(13)18(24)12-9-15(21-10-12)16(23)8-11-4-6-22(25)7-5-11/h1-7,9-10,21H,8H2. The monoisotopic (exact) mass is 342 g/mol. The molecule has 0 radical (unpaired) electrons. The Morgan fingerprint density at radius 3 is 2.36 bits per heavy atom. The number of aromatic nitrogens is 2. The van der Waals surface area contributed by atoms with Gasteiger partial charge in [0.2, 0.25) is 0 Å². The van der Waals surface area contributed by atoms with Crippen molar-refractivity contribution in [1.29, 1.82) is 0 Å². The molecule has 1 aromatic carbocycles. The van der Waals surface area contributed by atoms with Crippen LogP contribution in [0.5, 0.6) is 0 Å². The molecule has 0 aliphatic rings. The molecule has 5 nitrogen and oxygen atoms in total. The van der Waals surface area contributed by atoms with Gasteiger partial charge in [-0.1, -0.05) is 6.07 Å². The van der Waals surface area contributed by atoms with E-state index in [1.807, 2.05) is 0 Å². The zero-order valence-electron chi connectivity index (χ0n) is 12.8. The Kier molecular flexibility index (Phi) is 4.38. The number of nitrogens with one attached hydrogen (secondary N) is 1. The van der Waals surface area contributed by atoms with Crippen LogP contribution in [0.2, 0.25) is 0 Å². The van der Waals surface area contributed by atoms with Crippen LogP contribution in [0.25, 0.3) is 0 Å². The van der Waals surface area contributed by atoms with Gasteiger partial charge in [0, 0.05) is 30.3 Å². The van der Waals surface area contributed by atoms with E-state index in [2.05, 4.69) is 4.98 Å². The Morgan fingerprint density at radius 1 is 1.08 bits per heavy atom. The molecule has 0 bridgehead atoms. The lowest BCUT2D eigenvalue weighted by molar-refractivity contribution is -0.605. The molecule has 0 spiro atoms. The van der Waals surface area contributed by atoms with Gasteiger partial charge < -0.3 is 10.2 Å². The lowest BCUT2D eigenvalue weighted by Gasteiger charge is -2.02. The molecule has 3 aromatic rings. The van der Waals surface area contributed by atoms with Gasteiger partial charge in [0.1, 0.15) is 11.6 Å². The smallest absolute Gasteiger partial charge is 0.200 e. The average molecular weight is 342 g/mol. The number of H-pyrrole nitrogens is 1. The molecule has 0 fully saturated rings. The van der Waals surface area contributed by atoms with Crippen LogP contribution in [0.3, 0.4) is 0 Å². The first kappa shape index (κ1) is 16.5. The number of hydrogen-bond donors (Lipinski definition) is 1. The molecular formula is C18H12F2N2O3. The number of halogens is 2. The minimum Gasteiger partial charge on any atom is -0.619 e. The van der Waals surface area contributed by atoms with Crippen molar-refractivity contribution < 1.29 is 23.1 Å². The largest absolute Gasteiger partial charge is 0.619 e. The van der Waals surface area contributed by atoms with Crippen molar-refractivity contribution in [1.82, 2.24) is 4.98 Å². The van der Waals surface area contributed by atoms with Gasteiger partial charge >= 0.3 is 0 Å². The molecule has 3 rings (SSSR count). The zero-order chi connectivity index (χ0) is 18.0. The Morgan fingerprint density at radius 2 is 1.72 bits per heavy atom. The van der Waals surface area contributed by atoms with Crippen molar-refractivity contribution in [3.8, 4) is 0 Å². The minimum absolute atomic E-state index is 0.0159. The lowest BCUT2D eigenvalue weighted by atomic mass is 10.0. The summed E-state index contributed by atoms with van der Waals surface area (Å²) in [5.74, 6) is -3.10. The Labute approximate surface area is 141 Å². The van der Waals surface area contributed by atoms with Crippen molar-refractivity contribution in [2.24, 2.45) is 0 Å². The number of benzene rings is 1. The van der Waals surface area contributed by atoms with E-state index in [0.29, 0.717) is 10.3 Å². The molecule has 0 saturated heterocycles. The van der Waals surface area contributed by atoms with Gasteiger partial charge in [-0.2, -0.15) is 4.73 Å². The van der Waals surface area contributed by atoms with Gasteiger partial charge in [0.05, 0.1) is 11.3 Å². The molecule has 0 aliphatic carbocycles. The first-order valence-corrected chi connectivity index (χ1v) is 7.34. The summed E-state index contributed by atoms with van der Waals surface area (Å²) in [6, 6.07) is 7.43. The third-order valence-electron chi connectivity index (χ3n) is 3.67. The second-order valence-electron chi connectivity index (χ2n) is 5.39. The van der Waals surface area contributed by atoms with Gasteiger partial charge in [-0.25, -0.2) is 8.78 Å². The molecule has 0 unspecified atom stereocenters. The molecule has 0 aliphatic heterocycles. The number of pyridine rings is 1. The fourth-order valence-corrected chi connectivity index (χ4v) is 2.39. The maximum atomic E-state index is 13.7. The van der Waals surface area contributed by atoms with Crippen molar-refractivity contribution >= 4 is 11.6 Å². The fraction of sp³-hybridized carbons (Fsp3) is 0.0556. The summed E-state index contributed by atoms with van der Waals surface area (Å²) in [5, 5.41) is 11.0. The van der Waals surface area contributed by atoms with Gasteiger partial charge in [0.15, 0.2) is 24.0 Å². The fourth-order valence-electron chi connectivity index (χ4n) is 2.39. The summed E-state index contributed by atoms with van der Waals surface area (Å²) in [5.41, 5.74) is 0.0834. The van der Waals surface area contributed by atoms with Crippen molar-refractivity contribution in [3.63, 3.8) is 0 Å². The molecular weight excluding hydrogens is 330 g/mol. The second kappa shape index (κ2) is 6.64. The number of carbonyl (C=O) groups excluding carboxylic acids is 2. The summed E-state index contributed by atoms with van der Waals surface area (Å²) >= 11 is 0. The molecule has 1 N–H and O–H groups in total. The molecule has 2 aromatic heterocycles. The summed E-state index contributed by atoms with van der Waals surface area (Å²) in [6.45, 7) is 0. The number of aromatic amines is 1. The number of nitrogens with zero attached hydrogens (tertiary/aromatic N) is 1. The van der Waals surface area contributed by atoms with Crippen LogP contribution in [0, 0.1) is 16.8 Å². The third-order valence-corrected chi connectivity index (χ3v) is 3.67. The van der Waals surface area contributed by atoms with E-state index in [9.17, 15) is 23.6 Å². The summed E-state index contributed by atoms with van der Waals surface area (Å²) in [7, 11) is 0. The number of carbonyl (C=O) groups is 2. The first-order chi connectivity index (χ1) is 12.0. The van der Waals surface area contributed by atoms with E-state index in [-0.39, 0.29) is 23.5 Å². The van der Waals surface area contributed by atoms with E-state index >= 15 is 0 Å². The van der Waals surface area contributed by atoms with E-state index < -0.39 is 23.0 Å². The maximum Gasteiger partial charge on any atom is 0.200 e. The van der Waals surface area contributed by atoms with E-state index in [0.717, 1.165) is 12.1 Å². The highest BCUT2D eigenvalue weighted by atomic mass is 19.1. The van der Waals surface area contributed by atoms with Gasteiger partial charge in [0.25, 0.3) is 0 Å². The Bertz CT molecular complexity index is 929. The van der Waals surface area contributed by atoms with Crippen LogP contribution in [0.4, 0.5) is 8.78 Å². The van der Waals surface area contributed by atoms with E-state index in [4.69, 9.17) is 0 Å². The SMILES string of the molecule is O=C(Cc1cc[n+]([O-])cc1)c1cc(C(=O)c2c(F)cccc2F)c[nH]1. The van der Waals surface area contributed by atoms with Crippen molar-refractivity contribution in [3.05, 3.63) is 94.2 Å². The average Bonchev–Trinajstić information content (AvgIpc) is 3.07. The second-order valence-corrected chi connectivity index (χ2v) is 5.39. The number of hydrogen-bond acceptors (Lipinski definition) is 3. The summed E-state index contributed by atoms with van der Waals surface area (Å²) in [6.07, 6.45) is 3.79. The third kappa shape index (κ3) is 3.45. The highest BCUT2D eigenvalue weighted by Crippen LogP contribution is 2.18. The van der Waals surface area contributed by atoms with Crippen molar-refractivity contribution in [2.45, 2.75) is 6.42 Å². The summed E-state index contributed by atoms with van der Waals surface area (Å²) < 4.78 is 28.0. The van der Waals surface area contributed by atoms with Gasteiger partial charge in [-0.15, -0.1) is 0 Å². The molecule has 0 saturated carbocycles. The quantitative estimate of drug-likeness (QED) is 0.440. The van der Waals surface area contributed by atoms with Gasteiger partial charge in [-0.05, 0) is 23.8 Å². The topological polar surface area (TPSA) is 76.9 Å². The summed E-state index contributed by atoms with van der Waals surface area (Å²) in [4.78, 5) is 27.1. The first-order valence-electron chi connectivity index (χ1n) is 7.34. The van der Waals surface area contributed by atoms with E-state index in [1.54, 1.807) is 0 Å². The molecule has 2 heterocycles. The Balaban J connectivity index is 1.81. The molecule has 7 heteroatoms. The number of ketones is 2. The van der Waals surface area contributed by atoms with Crippen molar-refractivity contribution in [2.75, 3.05) is 0 Å². The van der Waals surface area contributed by atoms with Gasteiger partial charge in [-0.3, -0.25) is 9.59 Å². The van der Waals surface area contributed by atoms with Crippen LogP contribution in [-0.4, -0.2) is 16.6 Å². The number of Topliss-reactive ketones (excluding diaryl/α,β-unsaturated/α-hetero) is 1. The molecule has 126 valence electrons. The minimum atomic E-state index is -0.964. The van der Waals surface area contributed by atoms with Crippen LogP contribution >= 0.6 is 0 Å². The van der Waals surface area contributed by atoms with Crippen LogP contribution in [0.1, 0.15) is 32.0 Å². The number of rotatable bonds is 5. The predicted molar refractivity (Wildman–Crippen MR) is 84.0 cm³/mol. The zero-order valence-corrected chi connectivity index (χ0v) is 12.8. The van der Waals surface area contributed by atoms with E-state index in [1.165, 1.54) is 42.9 Å². The predicted octanol–water partition coefficient (Wildman–Crippen LogP) is 2.58. The maximum absolute atomic E-state index is 13.7. The van der Waals surface area contributed by atoms with Crippen LogP contribution < -0.4 is 4.73 Å². The Hall–Kier alpha value is -3.35. The van der Waals surface area contributed by atoms with Crippen LogP contribution in [0.15, 0.2) is 55.0 Å². The highest BCUT2D eigenvalue weighted by Gasteiger charge is 2.21.